The van der Waals surface area contributed by atoms with Gasteiger partial charge in [-0.2, -0.15) is 0 Å². The highest BCUT2D eigenvalue weighted by Crippen LogP contribution is 2.30. The Kier molecular flexibility index (Phi) is 2.89. The number of carbonyl (C=O) groups excluding carboxylic acids is 1. The number of ether oxygens (including phenoxy) is 1. The third-order valence-corrected chi connectivity index (χ3v) is 3.66. The van der Waals surface area contributed by atoms with E-state index in [4.69, 9.17) is 10.5 Å². The standard InChI is InChI=1S/C13H15N5O2/c1-13(20-12(14)19,18-16-8-15-17-18)11-6-5-9-3-2-4-10(9)7-11/h5-8H,2-4H2,1H3,(H2,14,19). The van der Waals surface area contributed by atoms with Crippen LogP contribution in [0.4, 0.5) is 4.79 Å². The molecule has 0 spiro atoms. The number of fused-ring (bicyclic) bond motifs is 1. The van der Waals surface area contributed by atoms with E-state index in [1.165, 1.54) is 22.3 Å². The van der Waals surface area contributed by atoms with Crippen LogP contribution in [0.1, 0.15) is 30.0 Å². The average molecular weight is 273 g/mol. The number of primary amides is 1. The Bertz CT molecular complexity index is 640. The van der Waals surface area contributed by atoms with Gasteiger partial charge in [-0.25, -0.2) is 4.79 Å². The monoisotopic (exact) mass is 273 g/mol. The van der Waals surface area contributed by atoms with Crippen LogP contribution in [0.25, 0.3) is 0 Å². The third-order valence-electron chi connectivity index (χ3n) is 3.66. The highest BCUT2D eigenvalue weighted by molar-refractivity contribution is 5.65. The van der Waals surface area contributed by atoms with Crippen LogP contribution in [0.5, 0.6) is 0 Å². The molecule has 1 amide bonds. The van der Waals surface area contributed by atoms with Gasteiger partial charge in [0.05, 0.1) is 0 Å². The van der Waals surface area contributed by atoms with Crippen molar-refractivity contribution in [1.29, 1.82) is 0 Å². The lowest BCUT2D eigenvalue weighted by atomic mass is 9.99. The molecule has 0 radical (unpaired) electrons. The van der Waals surface area contributed by atoms with Crippen molar-refractivity contribution >= 4 is 6.09 Å². The lowest BCUT2D eigenvalue weighted by Crippen LogP contribution is -2.40. The molecule has 0 saturated heterocycles. The number of aromatic nitrogens is 4. The van der Waals surface area contributed by atoms with Crippen LogP contribution in [-0.2, 0) is 23.3 Å². The van der Waals surface area contributed by atoms with Gasteiger partial charge in [0.2, 0.25) is 5.72 Å². The molecule has 1 atom stereocenters. The fourth-order valence-corrected chi connectivity index (χ4v) is 2.63. The Morgan fingerprint density at radius 2 is 2.20 bits per heavy atom. The van der Waals surface area contributed by atoms with Gasteiger partial charge in [0.1, 0.15) is 0 Å². The number of hydrogen-bond acceptors (Lipinski definition) is 5. The Balaban J connectivity index is 2.08. The molecular weight excluding hydrogens is 258 g/mol. The van der Waals surface area contributed by atoms with E-state index < -0.39 is 11.8 Å². The summed E-state index contributed by atoms with van der Waals surface area (Å²) in [6, 6.07) is 5.99. The molecule has 0 aliphatic heterocycles. The van der Waals surface area contributed by atoms with Crippen molar-refractivity contribution in [3.05, 3.63) is 41.2 Å². The minimum atomic E-state index is -1.19. The van der Waals surface area contributed by atoms with Crippen LogP contribution in [0.15, 0.2) is 24.5 Å². The second kappa shape index (κ2) is 4.59. The normalized spacial score (nSPS) is 16.4. The zero-order valence-electron chi connectivity index (χ0n) is 11.1. The summed E-state index contributed by atoms with van der Waals surface area (Å²) >= 11 is 0. The molecule has 1 unspecified atom stereocenters. The summed E-state index contributed by atoms with van der Waals surface area (Å²) in [4.78, 5) is 12.5. The topological polar surface area (TPSA) is 95.9 Å². The predicted octanol–water partition coefficient (Wildman–Crippen LogP) is 0.978. The highest BCUT2D eigenvalue weighted by atomic mass is 16.6. The summed E-state index contributed by atoms with van der Waals surface area (Å²) in [6.07, 6.45) is 3.67. The maximum atomic E-state index is 11.2. The first-order valence-corrected chi connectivity index (χ1v) is 6.44. The van der Waals surface area contributed by atoms with Crippen molar-refractivity contribution < 1.29 is 9.53 Å². The van der Waals surface area contributed by atoms with Crippen molar-refractivity contribution in [2.24, 2.45) is 5.73 Å². The van der Waals surface area contributed by atoms with E-state index in [-0.39, 0.29) is 0 Å². The van der Waals surface area contributed by atoms with E-state index >= 15 is 0 Å². The van der Waals surface area contributed by atoms with E-state index in [9.17, 15) is 4.79 Å². The number of hydrogen-bond donors (Lipinski definition) is 1. The van der Waals surface area contributed by atoms with Crippen LogP contribution in [0.2, 0.25) is 0 Å². The summed E-state index contributed by atoms with van der Waals surface area (Å²) in [5.74, 6) is 0. The number of benzene rings is 1. The molecule has 1 heterocycles. The van der Waals surface area contributed by atoms with Crippen LogP contribution in [-0.4, -0.2) is 26.3 Å². The largest absolute Gasteiger partial charge is 0.415 e. The van der Waals surface area contributed by atoms with Crippen LogP contribution < -0.4 is 5.73 Å². The molecular formula is C13H15N5O2. The van der Waals surface area contributed by atoms with E-state index in [2.05, 4.69) is 21.5 Å². The van der Waals surface area contributed by atoms with Crippen molar-refractivity contribution in [1.82, 2.24) is 20.2 Å². The molecule has 7 heteroatoms. The SMILES string of the molecule is CC(OC(N)=O)(c1ccc2c(c1)CCC2)n1ncnn1. The fraction of sp³-hybridized carbons (Fsp3) is 0.385. The summed E-state index contributed by atoms with van der Waals surface area (Å²) < 4.78 is 5.26. The Morgan fingerprint density at radius 1 is 1.40 bits per heavy atom. The first-order chi connectivity index (χ1) is 9.59. The zero-order valence-corrected chi connectivity index (χ0v) is 11.1. The summed E-state index contributed by atoms with van der Waals surface area (Å²) in [7, 11) is 0. The van der Waals surface area contributed by atoms with Gasteiger partial charge in [-0.1, -0.05) is 12.1 Å². The van der Waals surface area contributed by atoms with E-state index in [1.54, 1.807) is 6.92 Å². The van der Waals surface area contributed by atoms with Gasteiger partial charge in [0, 0.05) is 12.5 Å². The van der Waals surface area contributed by atoms with Gasteiger partial charge in [-0.3, -0.25) is 0 Å². The molecule has 104 valence electrons. The number of tetrazole rings is 1. The minimum Gasteiger partial charge on any atom is -0.415 e. The van der Waals surface area contributed by atoms with Crippen molar-refractivity contribution in [3.8, 4) is 0 Å². The average Bonchev–Trinajstić information content (AvgIpc) is 3.08. The number of aryl methyl sites for hydroxylation is 2. The number of carbonyl (C=O) groups is 1. The van der Waals surface area contributed by atoms with Crippen LogP contribution in [0.3, 0.4) is 0 Å². The second-order valence-corrected chi connectivity index (χ2v) is 4.97. The van der Waals surface area contributed by atoms with Crippen LogP contribution >= 0.6 is 0 Å². The maximum Gasteiger partial charge on any atom is 0.406 e. The van der Waals surface area contributed by atoms with Gasteiger partial charge < -0.3 is 10.5 Å². The smallest absolute Gasteiger partial charge is 0.406 e. The van der Waals surface area contributed by atoms with E-state index in [0.29, 0.717) is 0 Å². The third kappa shape index (κ3) is 2.01. The molecule has 7 nitrogen and oxygen atoms in total. The molecule has 1 aromatic heterocycles. The molecule has 0 bridgehead atoms. The number of amides is 1. The van der Waals surface area contributed by atoms with E-state index in [1.807, 2.05) is 12.1 Å². The molecule has 1 aliphatic carbocycles. The Morgan fingerprint density at radius 3 is 2.90 bits per heavy atom. The highest BCUT2D eigenvalue weighted by Gasteiger charge is 2.36. The van der Waals surface area contributed by atoms with Gasteiger partial charge in [0.25, 0.3) is 0 Å². The summed E-state index contributed by atoms with van der Waals surface area (Å²) in [5, 5.41) is 11.5. The Labute approximate surface area is 115 Å². The van der Waals surface area contributed by atoms with Gasteiger partial charge in [-0.05, 0) is 41.7 Å². The first-order valence-electron chi connectivity index (χ1n) is 6.44. The van der Waals surface area contributed by atoms with Gasteiger partial charge in [0.15, 0.2) is 6.33 Å². The molecule has 1 aliphatic rings. The fourth-order valence-electron chi connectivity index (χ4n) is 2.63. The lowest BCUT2D eigenvalue weighted by molar-refractivity contribution is -0.0184. The molecule has 2 aromatic rings. The number of rotatable bonds is 3. The molecule has 0 saturated carbocycles. The van der Waals surface area contributed by atoms with E-state index in [0.717, 1.165) is 24.8 Å². The lowest BCUT2D eigenvalue weighted by Gasteiger charge is -2.27. The molecule has 20 heavy (non-hydrogen) atoms. The summed E-state index contributed by atoms with van der Waals surface area (Å²) in [6.45, 7) is 1.69. The molecule has 0 fully saturated rings. The maximum absolute atomic E-state index is 11.2. The quantitative estimate of drug-likeness (QED) is 0.899. The molecule has 3 rings (SSSR count). The number of nitrogens with zero attached hydrogens (tertiary/aromatic N) is 4. The summed E-state index contributed by atoms with van der Waals surface area (Å²) in [5.41, 5.74) is 7.36. The van der Waals surface area contributed by atoms with Crippen LogP contribution in [0, 0.1) is 0 Å². The predicted molar refractivity (Wildman–Crippen MR) is 69.7 cm³/mol. The second-order valence-electron chi connectivity index (χ2n) is 4.97. The Hall–Kier alpha value is -2.44. The van der Waals surface area contributed by atoms with Crippen molar-refractivity contribution in [2.45, 2.75) is 31.9 Å². The minimum absolute atomic E-state index is 0.773. The van der Waals surface area contributed by atoms with Gasteiger partial charge in [-0.15, -0.1) is 15.0 Å². The molecule has 2 N–H and O–H groups in total. The molecule has 1 aromatic carbocycles. The van der Waals surface area contributed by atoms with Crippen molar-refractivity contribution in [3.63, 3.8) is 0 Å². The number of nitrogens with two attached hydrogens (primary N) is 1. The van der Waals surface area contributed by atoms with Gasteiger partial charge >= 0.3 is 6.09 Å². The first kappa shape index (κ1) is 12.6. The zero-order chi connectivity index (χ0) is 14.2. The van der Waals surface area contributed by atoms with Crippen molar-refractivity contribution in [2.75, 3.05) is 0 Å².